The van der Waals surface area contributed by atoms with Gasteiger partial charge in [-0.15, -0.1) is 0 Å². The highest BCUT2D eigenvalue weighted by Gasteiger charge is 2.72. The zero-order chi connectivity index (χ0) is 19.5. The predicted molar refractivity (Wildman–Crippen MR) is 96.6 cm³/mol. The number of hydrogen-bond donors (Lipinski definition) is 0. The summed E-state index contributed by atoms with van der Waals surface area (Å²) >= 11 is 0. The van der Waals surface area contributed by atoms with E-state index in [0.717, 1.165) is 31.9 Å². The van der Waals surface area contributed by atoms with Crippen molar-refractivity contribution in [3.05, 3.63) is 47.8 Å². The normalized spacial score (nSPS) is 30.1. The highest BCUT2D eigenvalue weighted by atomic mass is 19.1. The summed E-state index contributed by atoms with van der Waals surface area (Å²) in [7, 11) is 1.60. The standard InChI is InChI=1S/C20H20F2N4O2/c1-28-16-7-24-25(8-16)12-19-9-20(10-19,11-19)18(27)26-17(2-3-23-26)13-4-14(21)6-15(22)5-13/h3-8,17H,2,9-12H2,1H3. The Hall–Kier alpha value is -2.77. The van der Waals surface area contributed by atoms with Gasteiger partial charge in [0.2, 0.25) is 5.91 Å². The minimum atomic E-state index is -0.645. The lowest BCUT2D eigenvalue weighted by Gasteiger charge is -2.69. The Balaban J connectivity index is 1.28. The van der Waals surface area contributed by atoms with Crippen LogP contribution in [-0.4, -0.2) is 34.0 Å². The van der Waals surface area contributed by atoms with Crippen LogP contribution < -0.4 is 4.74 Å². The minimum Gasteiger partial charge on any atom is -0.493 e. The fourth-order valence-electron chi connectivity index (χ4n) is 5.17. The van der Waals surface area contributed by atoms with Crippen LogP contribution in [0.5, 0.6) is 5.75 Å². The average molecular weight is 386 g/mol. The number of nitrogens with zero attached hydrogens (tertiary/aromatic N) is 4. The lowest BCUT2D eigenvalue weighted by Crippen LogP contribution is -2.68. The zero-order valence-corrected chi connectivity index (χ0v) is 15.4. The summed E-state index contributed by atoms with van der Waals surface area (Å²) in [5.74, 6) is -0.619. The number of hydrogen-bond acceptors (Lipinski definition) is 4. The van der Waals surface area contributed by atoms with Crippen molar-refractivity contribution in [3.8, 4) is 5.75 Å². The van der Waals surface area contributed by atoms with Crippen molar-refractivity contribution in [2.75, 3.05) is 7.11 Å². The monoisotopic (exact) mass is 386 g/mol. The van der Waals surface area contributed by atoms with Crippen LogP contribution in [0.3, 0.4) is 0 Å². The van der Waals surface area contributed by atoms with Crippen LogP contribution in [0.1, 0.15) is 37.3 Å². The van der Waals surface area contributed by atoms with E-state index in [1.165, 1.54) is 17.1 Å². The van der Waals surface area contributed by atoms with E-state index in [0.29, 0.717) is 17.7 Å². The van der Waals surface area contributed by atoms with Crippen molar-refractivity contribution in [1.29, 1.82) is 0 Å². The van der Waals surface area contributed by atoms with Gasteiger partial charge in [0.25, 0.3) is 0 Å². The number of carbonyl (C=O) groups excluding carboxylic acids is 1. The lowest BCUT2D eigenvalue weighted by molar-refractivity contribution is -0.223. The number of amides is 1. The van der Waals surface area contributed by atoms with E-state index in [2.05, 4.69) is 10.2 Å². The molecule has 8 heteroatoms. The second-order valence-electron chi connectivity index (χ2n) is 8.29. The largest absolute Gasteiger partial charge is 0.493 e. The molecule has 0 spiro atoms. The van der Waals surface area contributed by atoms with Crippen molar-refractivity contribution in [1.82, 2.24) is 14.8 Å². The molecule has 3 saturated carbocycles. The first-order valence-corrected chi connectivity index (χ1v) is 9.31. The Morgan fingerprint density at radius 1 is 1.25 bits per heavy atom. The quantitative estimate of drug-likeness (QED) is 0.792. The molecule has 2 aromatic rings. The summed E-state index contributed by atoms with van der Waals surface area (Å²) in [5.41, 5.74) is 0.132. The molecule has 1 aromatic heterocycles. The Morgan fingerprint density at radius 3 is 2.61 bits per heavy atom. The number of benzene rings is 1. The van der Waals surface area contributed by atoms with Crippen molar-refractivity contribution >= 4 is 12.1 Å². The maximum absolute atomic E-state index is 13.6. The molecule has 6 rings (SSSR count). The molecule has 146 valence electrons. The second kappa shape index (κ2) is 5.86. The van der Waals surface area contributed by atoms with E-state index in [-0.39, 0.29) is 11.3 Å². The maximum atomic E-state index is 13.6. The molecule has 6 nitrogen and oxygen atoms in total. The van der Waals surface area contributed by atoms with E-state index in [1.54, 1.807) is 19.5 Å². The SMILES string of the molecule is COc1cnn(CC23CC(C(=O)N4N=CCC4c4cc(F)cc(F)c4)(C2)C3)c1. The molecule has 1 aliphatic heterocycles. The first-order chi connectivity index (χ1) is 13.4. The number of rotatable bonds is 5. The van der Waals surface area contributed by atoms with Gasteiger partial charge in [-0.25, -0.2) is 13.8 Å². The summed E-state index contributed by atoms with van der Waals surface area (Å²) in [6, 6.07) is 2.94. The third-order valence-corrected chi connectivity index (χ3v) is 6.24. The molecular weight excluding hydrogens is 366 g/mol. The summed E-state index contributed by atoms with van der Waals surface area (Å²) in [5, 5.41) is 9.94. The number of carbonyl (C=O) groups is 1. The number of aromatic nitrogens is 2. The van der Waals surface area contributed by atoms with Gasteiger partial charge in [0.1, 0.15) is 11.6 Å². The van der Waals surface area contributed by atoms with E-state index in [1.807, 2.05) is 10.9 Å². The number of methoxy groups -OCH3 is 1. The topological polar surface area (TPSA) is 59.7 Å². The van der Waals surface area contributed by atoms with Gasteiger partial charge in [-0.1, -0.05) is 0 Å². The molecule has 0 N–H and O–H groups in total. The Kier molecular flexibility index (Phi) is 3.63. The van der Waals surface area contributed by atoms with Crippen LogP contribution >= 0.6 is 0 Å². The van der Waals surface area contributed by atoms with Gasteiger partial charge >= 0.3 is 0 Å². The summed E-state index contributed by atoms with van der Waals surface area (Å²) in [6.07, 6.45) is 8.00. The van der Waals surface area contributed by atoms with Gasteiger partial charge in [-0.2, -0.15) is 10.2 Å². The van der Waals surface area contributed by atoms with Crippen LogP contribution in [0.2, 0.25) is 0 Å². The van der Waals surface area contributed by atoms with Crippen LogP contribution in [0.15, 0.2) is 35.7 Å². The molecule has 0 saturated heterocycles. The van der Waals surface area contributed by atoms with Crippen LogP contribution in [0.25, 0.3) is 0 Å². The van der Waals surface area contributed by atoms with E-state index >= 15 is 0 Å². The van der Waals surface area contributed by atoms with Gasteiger partial charge in [-0.3, -0.25) is 9.48 Å². The highest BCUT2D eigenvalue weighted by molar-refractivity contribution is 5.88. The van der Waals surface area contributed by atoms with Gasteiger partial charge < -0.3 is 4.74 Å². The van der Waals surface area contributed by atoms with Gasteiger partial charge in [0.15, 0.2) is 5.75 Å². The Bertz CT molecular complexity index is 946. The average Bonchev–Trinajstić information content (AvgIpc) is 3.24. The van der Waals surface area contributed by atoms with Gasteiger partial charge in [-0.05, 0) is 42.4 Å². The van der Waals surface area contributed by atoms with Crippen molar-refractivity contribution in [2.24, 2.45) is 15.9 Å². The number of halogens is 2. The molecule has 2 bridgehead atoms. The molecule has 1 aromatic carbocycles. The van der Waals surface area contributed by atoms with E-state index in [4.69, 9.17) is 4.74 Å². The van der Waals surface area contributed by atoms with Crippen molar-refractivity contribution in [2.45, 2.75) is 38.3 Å². The zero-order valence-electron chi connectivity index (χ0n) is 15.4. The summed E-state index contributed by atoms with van der Waals surface area (Å²) in [4.78, 5) is 13.2. The first kappa shape index (κ1) is 17.3. The highest BCUT2D eigenvalue weighted by Crippen LogP contribution is 2.74. The van der Waals surface area contributed by atoms with Crippen LogP contribution in [-0.2, 0) is 11.3 Å². The third-order valence-electron chi connectivity index (χ3n) is 6.24. The third kappa shape index (κ3) is 2.54. The maximum Gasteiger partial charge on any atom is 0.249 e. The van der Waals surface area contributed by atoms with E-state index in [9.17, 15) is 13.6 Å². The Morgan fingerprint density at radius 2 is 1.96 bits per heavy atom. The second-order valence-corrected chi connectivity index (χ2v) is 8.29. The molecule has 1 unspecified atom stereocenters. The minimum absolute atomic E-state index is 0.0455. The fourth-order valence-corrected chi connectivity index (χ4v) is 5.17. The molecule has 3 fully saturated rings. The lowest BCUT2D eigenvalue weighted by atomic mass is 9.34. The van der Waals surface area contributed by atoms with Crippen molar-refractivity contribution < 1.29 is 18.3 Å². The van der Waals surface area contributed by atoms with Gasteiger partial charge in [0.05, 0.1) is 31.0 Å². The first-order valence-electron chi connectivity index (χ1n) is 9.31. The summed E-state index contributed by atoms with van der Waals surface area (Å²) in [6.45, 7) is 0.757. The van der Waals surface area contributed by atoms with Crippen LogP contribution in [0, 0.1) is 22.5 Å². The fraction of sp³-hybridized carbons (Fsp3) is 0.450. The molecule has 28 heavy (non-hydrogen) atoms. The molecular formula is C20H20F2N4O2. The Labute approximate surface area is 160 Å². The van der Waals surface area contributed by atoms with Gasteiger partial charge in [0, 0.05) is 25.2 Å². The number of hydrazone groups is 1. The van der Waals surface area contributed by atoms with Crippen LogP contribution in [0.4, 0.5) is 8.78 Å². The molecule has 4 aliphatic rings. The molecule has 2 heterocycles. The molecule has 1 atom stereocenters. The smallest absolute Gasteiger partial charge is 0.249 e. The molecule has 1 amide bonds. The van der Waals surface area contributed by atoms with E-state index < -0.39 is 23.1 Å². The number of ether oxygens (including phenoxy) is 1. The van der Waals surface area contributed by atoms with Crippen molar-refractivity contribution in [3.63, 3.8) is 0 Å². The molecule has 0 radical (unpaired) electrons. The molecule has 3 aliphatic carbocycles. The summed E-state index contributed by atoms with van der Waals surface area (Å²) < 4.78 is 34.2. The predicted octanol–water partition coefficient (Wildman–Crippen LogP) is 3.30.